The van der Waals surface area contributed by atoms with Crippen molar-refractivity contribution in [3.05, 3.63) is 64.4 Å². The Balaban J connectivity index is 1.49. The van der Waals surface area contributed by atoms with Crippen molar-refractivity contribution < 1.29 is 19.1 Å². The zero-order chi connectivity index (χ0) is 25.9. The van der Waals surface area contributed by atoms with Crippen LogP contribution in [-0.2, 0) is 22.4 Å². The number of carbonyl (C=O) groups excluding carboxylic acids is 3. The number of nitrogens with zero attached hydrogens (tertiary/aromatic N) is 2. The van der Waals surface area contributed by atoms with Gasteiger partial charge in [0.1, 0.15) is 5.60 Å². The number of hydrogen-bond acceptors (Lipinski definition) is 5. The second-order valence-corrected chi connectivity index (χ2v) is 11.2. The van der Waals surface area contributed by atoms with Crippen molar-refractivity contribution in [2.75, 3.05) is 6.54 Å². The molecule has 1 atom stereocenters. The topological polar surface area (TPSA) is 88.6 Å². The molecule has 2 aliphatic rings. The summed E-state index contributed by atoms with van der Waals surface area (Å²) in [5, 5.41) is 3.48. The van der Waals surface area contributed by atoms with Crippen LogP contribution in [0, 0.1) is 5.92 Å². The molecule has 2 aromatic rings. The molecule has 1 aromatic heterocycles. The summed E-state index contributed by atoms with van der Waals surface area (Å²) in [5.74, 6) is 0.0938. The van der Waals surface area contributed by atoms with Gasteiger partial charge in [-0.3, -0.25) is 14.6 Å². The lowest BCUT2D eigenvalue weighted by molar-refractivity contribution is -0.122. The normalized spacial score (nSPS) is 22.6. The molecule has 1 aliphatic carbocycles. The fourth-order valence-electron chi connectivity index (χ4n) is 5.09. The molecule has 36 heavy (non-hydrogen) atoms. The van der Waals surface area contributed by atoms with Crippen molar-refractivity contribution in [3.63, 3.8) is 0 Å². The predicted molar refractivity (Wildman–Crippen MR) is 138 cm³/mol. The highest BCUT2D eigenvalue weighted by Gasteiger charge is 2.37. The van der Waals surface area contributed by atoms with Crippen LogP contribution in [0.4, 0.5) is 4.79 Å². The van der Waals surface area contributed by atoms with Crippen molar-refractivity contribution in [2.24, 2.45) is 5.92 Å². The summed E-state index contributed by atoms with van der Waals surface area (Å²) in [6, 6.07) is 10.2. The molecule has 8 heteroatoms. The van der Waals surface area contributed by atoms with Crippen molar-refractivity contribution in [3.8, 4) is 0 Å². The van der Waals surface area contributed by atoms with Gasteiger partial charge in [0.15, 0.2) is 5.78 Å². The first kappa shape index (κ1) is 26.1. The molecule has 0 unspecified atom stereocenters. The molecule has 1 saturated carbocycles. The average molecular weight is 512 g/mol. The Labute approximate surface area is 217 Å². The van der Waals surface area contributed by atoms with Crippen LogP contribution in [0.3, 0.4) is 0 Å². The maximum atomic E-state index is 13.7. The van der Waals surface area contributed by atoms with E-state index in [9.17, 15) is 14.4 Å². The van der Waals surface area contributed by atoms with E-state index in [2.05, 4.69) is 10.3 Å². The van der Waals surface area contributed by atoms with E-state index in [1.165, 1.54) is 0 Å². The lowest BCUT2D eigenvalue weighted by Gasteiger charge is -2.36. The summed E-state index contributed by atoms with van der Waals surface area (Å²) >= 11 is 6.18. The van der Waals surface area contributed by atoms with Gasteiger partial charge in [-0.05, 0) is 88.3 Å². The van der Waals surface area contributed by atoms with Crippen LogP contribution >= 0.6 is 11.6 Å². The van der Waals surface area contributed by atoms with Gasteiger partial charge < -0.3 is 15.0 Å². The average Bonchev–Trinajstić information content (AvgIpc) is 2.89. The minimum absolute atomic E-state index is 0.00435. The van der Waals surface area contributed by atoms with E-state index < -0.39 is 17.7 Å². The third-order valence-electron chi connectivity index (χ3n) is 6.82. The SMILES string of the molecule is CC(C)(C)OC(=O)NC1CCC(CN2C(=O)c3ccc(Cl)cc3CC(=O)[C@H]2Cc2ccccn2)CC1. The summed E-state index contributed by atoms with van der Waals surface area (Å²) in [5.41, 5.74) is 1.46. The van der Waals surface area contributed by atoms with Gasteiger partial charge in [0.05, 0.1) is 6.04 Å². The Morgan fingerprint density at radius 3 is 2.56 bits per heavy atom. The molecule has 1 fully saturated rings. The smallest absolute Gasteiger partial charge is 0.407 e. The van der Waals surface area contributed by atoms with E-state index in [0.29, 0.717) is 29.1 Å². The van der Waals surface area contributed by atoms with Gasteiger partial charge in [0, 0.05) is 47.9 Å². The van der Waals surface area contributed by atoms with Gasteiger partial charge >= 0.3 is 6.09 Å². The molecule has 1 N–H and O–H groups in total. The van der Waals surface area contributed by atoms with Gasteiger partial charge in [-0.2, -0.15) is 0 Å². The zero-order valence-electron chi connectivity index (χ0n) is 21.1. The molecule has 2 heterocycles. The first-order valence-corrected chi connectivity index (χ1v) is 13.0. The number of pyridine rings is 1. The summed E-state index contributed by atoms with van der Waals surface area (Å²) in [6.07, 6.45) is 5.16. The van der Waals surface area contributed by atoms with E-state index in [-0.39, 0.29) is 30.1 Å². The van der Waals surface area contributed by atoms with Crippen LogP contribution in [-0.4, -0.2) is 51.9 Å². The maximum Gasteiger partial charge on any atom is 0.407 e. The highest BCUT2D eigenvalue weighted by molar-refractivity contribution is 6.30. The van der Waals surface area contributed by atoms with Crippen LogP contribution in [0.2, 0.25) is 5.02 Å². The standard InChI is InChI=1S/C28H34ClN3O4/c1-28(2,3)36-27(35)31-21-10-7-18(8-11-21)17-32-24(16-22-6-4-5-13-30-22)25(33)15-19-14-20(29)9-12-23(19)26(32)34/h4-6,9,12-14,18,21,24H,7-8,10-11,15-17H2,1-3H3,(H,31,35)/t18?,21?,24-/m1/s1. The Bertz CT molecular complexity index is 1110. The third-order valence-corrected chi connectivity index (χ3v) is 7.06. The summed E-state index contributed by atoms with van der Waals surface area (Å²) in [7, 11) is 0. The van der Waals surface area contributed by atoms with Gasteiger partial charge in [0.2, 0.25) is 0 Å². The molecule has 1 aromatic carbocycles. The Kier molecular flexibility index (Phi) is 7.98. The highest BCUT2D eigenvalue weighted by Crippen LogP contribution is 2.30. The Hall–Kier alpha value is -2.93. The molecule has 1 aliphatic heterocycles. The molecule has 0 bridgehead atoms. The van der Waals surface area contributed by atoms with E-state index >= 15 is 0 Å². The monoisotopic (exact) mass is 511 g/mol. The first-order chi connectivity index (χ1) is 17.1. The summed E-state index contributed by atoms with van der Waals surface area (Å²) in [6.45, 7) is 6.02. The predicted octanol–water partition coefficient (Wildman–Crippen LogP) is 5.00. The van der Waals surface area contributed by atoms with Crippen LogP contribution in [0.5, 0.6) is 0 Å². The van der Waals surface area contributed by atoms with Crippen LogP contribution in [0.1, 0.15) is 68.1 Å². The molecule has 0 spiro atoms. The van der Waals surface area contributed by atoms with Crippen molar-refractivity contribution in [2.45, 2.75) is 77.0 Å². The third kappa shape index (κ3) is 6.64. The highest BCUT2D eigenvalue weighted by atomic mass is 35.5. The van der Waals surface area contributed by atoms with E-state index in [4.69, 9.17) is 16.3 Å². The molecular formula is C28H34ClN3O4. The molecule has 7 nitrogen and oxygen atoms in total. The van der Waals surface area contributed by atoms with Crippen molar-refractivity contribution in [1.82, 2.24) is 15.2 Å². The number of nitrogens with one attached hydrogen (secondary N) is 1. The number of fused-ring (bicyclic) bond motifs is 1. The molecular weight excluding hydrogens is 478 g/mol. The van der Waals surface area contributed by atoms with Crippen molar-refractivity contribution >= 4 is 29.4 Å². The lowest BCUT2D eigenvalue weighted by Crippen LogP contribution is -2.48. The number of ether oxygens (including phenoxy) is 1. The van der Waals surface area contributed by atoms with Gasteiger partial charge in [-0.25, -0.2) is 4.79 Å². The molecule has 0 radical (unpaired) electrons. The quantitative estimate of drug-likeness (QED) is 0.610. The minimum atomic E-state index is -0.587. The van der Waals surface area contributed by atoms with Crippen LogP contribution < -0.4 is 5.32 Å². The second-order valence-electron chi connectivity index (χ2n) is 10.8. The fourth-order valence-corrected chi connectivity index (χ4v) is 5.28. The van der Waals surface area contributed by atoms with Gasteiger partial charge in [-0.15, -0.1) is 0 Å². The fraction of sp³-hybridized carbons (Fsp3) is 0.500. The number of aromatic nitrogens is 1. The number of alkyl carbamates (subject to hydrolysis) is 1. The Morgan fingerprint density at radius 1 is 1.14 bits per heavy atom. The second kappa shape index (κ2) is 11.0. The molecule has 192 valence electrons. The Morgan fingerprint density at radius 2 is 1.89 bits per heavy atom. The summed E-state index contributed by atoms with van der Waals surface area (Å²) < 4.78 is 5.39. The molecule has 0 saturated heterocycles. The number of amides is 2. The number of carbonyl (C=O) groups is 3. The largest absolute Gasteiger partial charge is 0.444 e. The summed E-state index contributed by atoms with van der Waals surface area (Å²) in [4.78, 5) is 45.5. The number of rotatable bonds is 5. The number of benzene rings is 1. The van der Waals surface area contributed by atoms with Crippen LogP contribution in [0.25, 0.3) is 0 Å². The number of ketones is 1. The van der Waals surface area contributed by atoms with E-state index in [1.807, 2.05) is 39.0 Å². The number of halogens is 1. The first-order valence-electron chi connectivity index (χ1n) is 12.6. The van der Waals surface area contributed by atoms with E-state index in [0.717, 1.165) is 31.4 Å². The van der Waals surface area contributed by atoms with Gasteiger partial charge in [0.25, 0.3) is 5.91 Å². The molecule has 2 amide bonds. The van der Waals surface area contributed by atoms with Crippen molar-refractivity contribution in [1.29, 1.82) is 0 Å². The number of hydrogen-bond donors (Lipinski definition) is 1. The zero-order valence-corrected chi connectivity index (χ0v) is 21.9. The molecule has 4 rings (SSSR count). The van der Waals surface area contributed by atoms with E-state index in [1.54, 1.807) is 29.3 Å². The lowest BCUT2D eigenvalue weighted by atomic mass is 9.85. The number of Topliss-reactive ketones (excluding diaryl/α,β-unsaturated/α-hetero) is 1. The van der Waals surface area contributed by atoms with Crippen LogP contribution in [0.15, 0.2) is 42.6 Å². The van der Waals surface area contributed by atoms with Gasteiger partial charge in [-0.1, -0.05) is 17.7 Å². The minimum Gasteiger partial charge on any atom is -0.444 e. The maximum absolute atomic E-state index is 13.7.